The van der Waals surface area contributed by atoms with Crippen LogP contribution in [0.5, 0.6) is 5.88 Å². The molecule has 0 aliphatic rings. The van der Waals surface area contributed by atoms with Crippen molar-refractivity contribution in [3.8, 4) is 5.88 Å². The van der Waals surface area contributed by atoms with Crippen LogP contribution in [0.25, 0.3) is 11.0 Å². The van der Waals surface area contributed by atoms with E-state index in [4.69, 9.17) is 10.5 Å². The van der Waals surface area contributed by atoms with Crippen molar-refractivity contribution >= 4 is 22.8 Å². The monoisotopic (exact) mass is 381 g/mol. The minimum Gasteiger partial charge on any atom is -0.466 e. The molecule has 146 valence electrons. The van der Waals surface area contributed by atoms with Gasteiger partial charge in [0, 0.05) is 24.8 Å². The van der Waals surface area contributed by atoms with E-state index in [1.165, 1.54) is 0 Å². The fourth-order valence-electron chi connectivity index (χ4n) is 3.06. The largest absolute Gasteiger partial charge is 0.466 e. The Morgan fingerprint density at radius 2 is 2.04 bits per heavy atom. The number of fused-ring (bicyclic) bond motifs is 1. The molecule has 0 radical (unpaired) electrons. The minimum absolute atomic E-state index is 0.138. The van der Waals surface area contributed by atoms with Gasteiger partial charge < -0.3 is 15.8 Å². The highest BCUT2D eigenvalue weighted by Crippen LogP contribution is 2.26. The molecule has 2 heterocycles. The Bertz CT molecular complexity index is 1040. The van der Waals surface area contributed by atoms with Crippen LogP contribution in [-0.4, -0.2) is 39.7 Å². The van der Waals surface area contributed by atoms with E-state index < -0.39 is 5.91 Å². The van der Waals surface area contributed by atoms with Gasteiger partial charge in [-0.25, -0.2) is 9.67 Å². The van der Waals surface area contributed by atoms with Crippen LogP contribution in [0.4, 0.5) is 0 Å². The summed E-state index contributed by atoms with van der Waals surface area (Å²) >= 11 is 0. The molecule has 0 atom stereocenters. The summed E-state index contributed by atoms with van der Waals surface area (Å²) in [5.74, 6) is -0.323. The Hall–Kier alpha value is -3.42. The standard InChI is InChI=1S/C20H23N5O3/c1-12-9-13(2)23-19-17(12)20(24-25(19)3)28-11-16(26)22-8-7-14-5-4-6-15(10-14)18(21)27/h4-6,9-10H,7-8,11H2,1-3H3,(H2,21,27)(H,22,26). The van der Waals surface area contributed by atoms with Crippen LogP contribution in [0, 0.1) is 13.8 Å². The van der Waals surface area contributed by atoms with E-state index in [1.54, 1.807) is 29.9 Å². The zero-order valence-electron chi connectivity index (χ0n) is 16.2. The average Bonchev–Trinajstić information content (AvgIpc) is 2.96. The molecule has 0 aliphatic carbocycles. The van der Waals surface area contributed by atoms with Crippen LogP contribution in [0.1, 0.15) is 27.2 Å². The van der Waals surface area contributed by atoms with Gasteiger partial charge in [-0.3, -0.25) is 9.59 Å². The maximum Gasteiger partial charge on any atom is 0.258 e. The molecular formula is C20H23N5O3. The van der Waals surface area contributed by atoms with Gasteiger partial charge in [-0.05, 0) is 49.6 Å². The number of hydrogen-bond acceptors (Lipinski definition) is 5. The van der Waals surface area contributed by atoms with Crippen molar-refractivity contribution in [3.63, 3.8) is 0 Å². The van der Waals surface area contributed by atoms with Gasteiger partial charge in [0.2, 0.25) is 11.8 Å². The minimum atomic E-state index is -0.471. The molecule has 0 bridgehead atoms. The predicted molar refractivity (Wildman–Crippen MR) is 105 cm³/mol. The molecule has 3 rings (SSSR count). The second-order valence-corrected chi connectivity index (χ2v) is 6.66. The third kappa shape index (κ3) is 4.28. The quantitative estimate of drug-likeness (QED) is 0.643. The molecule has 0 saturated carbocycles. The van der Waals surface area contributed by atoms with E-state index in [-0.39, 0.29) is 12.5 Å². The second kappa shape index (κ2) is 8.08. The van der Waals surface area contributed by atoms with Gasteiger partial charge in [0.1, 0.15) is 0 Å². The van der Waals surface area contributed by atoms with Crippen molar-refractivity contribution in [1.29, 1.82) is 0 Å². The molecule has 8 nitrogen and oxygen atoms in total. The highest BCUT2D eigenvalue weighted by Gasteiger charge is 2.15. The van der Waals surface area contributed by atoms with E-state index in [1.807, 2.05) is 26.0 Å². The summed E-state index contributed by atoms with van der Waals surface area (Å²) < 4.78 is 7.28. The van der Waals surface area contributed by atoms with E-state index in [0.29, 0.717) is 24.4 Å². The first-order valence-electron chi connectivity index (χ1n) is 8.94. The number of nitrogens with one attached hydrogen (secondary N) is 1. The molecule has 0 saturated heterocycles. The number of rotatable bonds is 7. The van der Waals surface area contributed by atoms with Crippen molar-refractivity contribution in [2.45, 2.75) is 20.3 Å². The first-order valence-corrected chi connectivity index (χ1v) is 8.94. The number of carbonyl (C=O) groups is 2. The van der Waals surface area contributed by atoms with Crippen LogP contribution in [0.3, 0.4) is 0 Å². The molecule has 0 spiro atoms. The Morgan fingerprint density at radius 1 is 1.25 bits per heavy atom. The predicted octanol–water partition coefficient (Wildman–Crippen LogP) is 1.42. The molecular weight excluding hydrogens is 358 g/mol. The van der Waals surface area contributed by atoms with Crippen molar-refractivity contribution < 1.29 is 14.3 Å². The average molecular weight is 381 g/mol. The first kappa shape index (κ1) is 19.3. The van der Waals surface area contributed by atoms with Crippen LogP contribution in [-0.2, 0) is 18.3 Å². The number of amides is 2. The molecule has 0 fully saturated rings. The number of ether oxygens (including phenoxy) is 1. The summed E-state index contributed by atoms with van der Waals surface area (Å²) in [4.78, 5) is 27.8. The van der Waals surface area contributed by atoms with Gasteiger partial charge in [0.05, 0.1) is 5.39 Å². The molecule has 2 amide bonds. The van der Waals surface area contributed by atoms with Crippen LogP contribution >= 0.6 is 0 Å². The summed E-state index contributed by atoms with van der Waals surface area (Å²) in [7, 11) is 1.79. The number of aryl methyl sites for hydroxylation is 3. The van der Waals surface area contributed by atoms with E-state index in [2.05, 4.69) is 15.4 Å². The van der Waals surface area contributed by atoms with Gasteiger partial charge in [0.15, 0.2) is 12.3 Å². The summed E-state index contributed by atoms with van der Waals surface area (Å²) in [5, 5.41) is 7.93. The number of primary amides is 1. The summed E-state index contributed by atoms with van der Waals surface area (Å²) in [6.07, 6.45) is 0.585. The van der Waals surface area contributed by atoms with E-state index in [0.717, 1.165) is 27.9 Å². The van der Waals surface area contributed by atoms with Gasteiger partial charge in [-0.2, -0.15) is 0 Å². The van der Waals surface area contributed by atoms with Gasteiger partial charge in [0.25, 0.3) is 5.91 Å². The Balaban J connectivity index is 1.56. The maximum atomic E-state index is 12.1. The third-order valence-corrected chi connectivity index (χ3v) is 4.37. The molecule has 8 heteroatoms. The smallest absolute Gasteiger partial charge is 0.258 e. The Labute approximate surface area is 162 Å². The molecule has 0 aliphatic heterocycles. The van der Waals surface area contributed by atoms with Crippen molar-refractivity contribution in [2.75, 3.05) is 13.2 Å². The number of benzene rings is 1. The van der Waals surface area contributed by atoms with Gasteiger partial charge >= 0.3 is 0 Å². The molecule has 3 aromatic rings. The number of nitrogens with zero attached hydrogens (tertiary/aromatic N) is 3. The summed E-state index contributed by atoms with van der Waals surface area (Å²) in [6, 6.07) is 8.99. The molecule has 1 aromatic carbocycles. The molecule has 2 aromatic heterocycles. The highest BCUT2D eigenvalue weighted by molar-refractivity contribution is 5.92. The number of hydrogen-bond donors (Lipinski definition) is 2. The number of carbonyl (C=O) groups excluding carboxylic acids is 2. The van der Waals surface area contributed by atoms with Gasteiger partial charge in [-0.1, -0.05) is 12.1 Å². The number of pyridine rings is 1. The molecule has 28 heavy (non-hydrogen) atoms. The summed E-state index contributed by atoms with van der Waals surface area (Å²) in [5.41, 5.74) is 9.28. The first-order chi connectivity index (χ1) is 13.3. The lowest BCUT2D eigenvalue weighted by atomic mass is 10.1. The normalized spacial score (nSPS) is 10.8. The van der Waals surface area contributed by atoms with E-state index in [9.17, 15) is 9.59 Å². The lowest BCUT2D eigenvalue weighted by molar-refractivity contribution is -0.123. The van der Waals surface area contributed by atoms with Crippen LogP contribution in [0.2, 0.25) is 0 Å². The lowest BCUT2D eigenvalue weighted by Gasteiger charge is -2.07. The van der Waals surface area contributed by atoms with Crippen molar-refractivity contribution in [3.05, 3.63) is 52.7 Å². The lowest BCUT2D eigenvalue weighted by Crippen LogP contribution is -2.30. The fraction of sp³-hybridized carbons (Fsp3) is 0.300. The second-order valence-electron chi connectivity index (χ2n) is 6.66. The number of aromatic nitrogens is 3. The topological polar surface area (TPSA) is 112 Å². The van der Waals surface area contributed by atoms with Crippen LogP contribution in [0.15, 0.2) is 30.3 Å². The third-order valence-electron chi connectivity index (χ3n) is 4.37. The van der Waals surface area contributed by atoms with Gasteiger partial charge in [-0.15, -0.1) is 5.10 Å². The highest BCUT2D eigenvalue weighted by atomic mass is 16.5. The zero-order chi connectivity index (χ0) is 20.3. The molecule has 0 unspecified atom stereocenters. The fourth-order valence-corrected chi connectivity index (χ4v) is 3.06. The SMILES string of the molecule is Cc1cc(C)c2c(OCC(=O)NCCc3cccc(C(N)=O)c3)nn(C)c2n1. The van der Waals surface area contributed by atoms with Crippen molar-refractivity contribution in [1.82, 2.24) is 20.1 Å². The Morgan fingerprint density at radius 3 is 2.79 bits per heavy atom. The van der Waals surface area contributed by atoms with Crippen molar-refractivity contribution in [2.24, 2.45) is 12.8 Å². The molecule has 3 N–H and O–H groups in total. The maximum absolute atomic E-state index is 12.1. The number of nitrogens with two attached hydrogens (primary N) is 1. The summed E-state index contributed by atoms with van der Waals surface area (Å²) in [6.45, 7) is 4.17. The van der Waals surface area contributed by atoms with Crippen LogP contribution < -0.4 is 15.8 Å². The zero-order valence-corrected chi connectivity index (χ0v) is 16.2. The van der Waals surface area contributed by atoms with E-state index >= 15 is 0 Å². The Kier molecular flexibility index (Phi) is 5.58.